The van der Waals surface area contributed by atoms with Gasteiger partial charge >= 0.3 is 0 Å². The molecule has 0 amide bonds. The van der Waals surface area contributed by atoms with Gasteiger partial charge in [-0.05, 0) is 92.3 Å². The highest BCUT2D eigenvalue weighted by Gasteiger charge is 2.42. The zero-order chi connectivity index (χ0) is 23.2. The molecule has 1 spiro atoms. The largest absolute Gasteiger partial charge is 0.496 e. The van der Waals surface area contributed by atoms with Crippen LogP contribution in [0.2, 0.25) is 0 Å². The molecule has 2 heterocycles. The summed E-state index contributed by atoms with van der Waals surface area (Å²) in [6.45, 7) is 4.23. The first-order valence-corrected chi connectivity index (χ1v) is 12.4. The molecule has 178 valence electrons. The van der Waals surface area contributed by atoms with Crippen molar-refractivity contribution in [3.8, 4) is 11.5 Å². The number of fused-ring (bicyclic) bond motifs is 1. The number of benzene rings is 2. The fourth-order valence-electron chi connectivity index (χ4n) is 5.82. The summed E-state index contributed by atoms with van der Waals surface area (Å²) in [6.07, 6.45) is 7.02. The van der Waals surface area contributed by atoms with E-state index < -0.39 is 11.9 Å². The van der Waals surface area contributed by atoms with Crippen molar-refractivity contribution in [2.24, 2.45) is 5.92 Å². The Balaban J connectivity index is 1.45. The van der Waals surface area contributed by atoms with Crippen LogP contribution in [0, 0.1) is 5.92 Å². The zero-order valence-corrected chi connectivity index (χ0v) is 20.0. The van der Waals surface area contributed by atoms with Crippen LogP contribution in [0.4, 0.5) is 0 Å². The summed E-state index contributed by atoms with van der Waals surface area (Å²) in [5.41, 5.74) is 3.29. The molecule has 33 heavy (non-hydrogen) atoms. The fourth-order valence-corrected chi connectivity index (χ4v) is 5.82. The second-order valence-corrected chi connectivity index (χ2v) is 10.3. The first-order chi connectivity index (χ1) is 15.8. The third kappa shape index (κ3) is 4.16. The first-order valence-electron chi connectivity index (χ1n) is 12.4. The maximum atomic E-state index is 11.4. The highest BCUT2D eigenvalue weighted by molar-refractivity contribution is 5.47. The Morgan fingerprint density at radius 2 is 1.97 bits per heavy atom. The minimum Gasteiger partial charge on any atom is -0.496 e. The fraction of sp³-hybridized carbons (Fsp3) is 0.571. The van der Waals surface area contributed by atoms with Crippen LogP contribution in [0.3, 0.4) is 0 Å². The molecule has 2 fully saturated rings. The molecule has 4 unspecified atom stereocenters. The molecular weight excluding hydrogens is 416 g/mol. The van der Waals surface area contributed by atoms with Crippen molar-refractivity contribution in [2.45, 2.75) is 88.8 Å². The van der Waals surface area contributed by atoms with Crippen molar-refractivity contribution in [3.63, 3.8) is 0 Å². The van der Waals surface area contributed by atoms with Crippen molar-refractivity contribution in [3.05, 3.63) is 58.7 Å². The summed E-state index contributed by atoms with van der Waals surface area (Å²) >= 11 is 0. The van der Waals surface area contributed by atoms with Gasteiger partial charge in [0.1, 0.15) is 23.2 Å². The van der Waals surface area contributed by atoms with E-state index in [1.807, 2.05) is 30.3 Å². The summed E-state index contributed by atoms with van der Waals surface area (Å²) in [4.78, 5) is 0. The Morgan fingerprint density at radius 3 is 2.67 bits per heavy atom. The normalized spacial score (nSPS) is 29.0. The molecule has 2 aliphatic heterocycles. The van der Waals surface area contributed by atoms with Gasteiger partial charge in [-0.2, -0.15) is 0 Å². The molecule has 3 aliphatic rings. The second kappa shape index (κ2) is 8.61. The minimum atomic E-state index is -1.36. The molecular formula is C28H36O5. The molecule has 2 aromatic carbocycles. The second-order valence-electron chi connectivity index (χ2n) is 10.3. The van der Waals surface area contributed by atoms with Crippen molar-refractivity contribution in [1.82, 2.24) is 0 Å². The van der Waals surface area contributed by atoms with Gasteiger partial charge in [0.05, 0.1) is 13.2 Å². The van der Waals surface area contributed by atoms with E-state index in [1.165, 1.54) is 6.42 Å². The molecule has 5 nitrogen and oxygen atoms in total. The number of rotatable bonds is 5. The SMILES string of the molecule is CCC1CC(C)CC(O)(c2ccc(OC)c(C(O)c3ccc4c(c3)CCC3(CCC3)O4)c2)O1. The highest BCUT2D eigenvalue weighted by atomic mass is 16.6. The van der Waals surface area contributed by atoms with Gasteiger partial charge in [-0.15, -0.1) is 0 Å². The first kappa shape index (κ1) is 22.7. The number of hydrogen-bond donors (Lipinski definition) is 2. The topological polar surface area (TPSA) is 68.2 Å². The Hall–Kier alpha value is -2.08. The van der Waals surface area contributed by atoms with Gasteiger partial charge in [-0.3, -0.25) is 0 Å². The van der Waals surface area contributed by atoms with Gasteiger partial charge in [0.2, 0.25) is 0 Å². The molecule has 5 heteroatoms. The van der Waals surface area contributed by atoms with Crippen molar-refractivity contribution < 1.29 is 24.4 Å². The smallest absolute Gasteiger partial charge is 0.192 e. The number of ether oxygens (including phenoxy) is 3. The Kier molecular flexibility index (Phi) is 5.92. The van der Waals surface area contributed by atoms with Gasteiger partial charge in [-0.1, -0.05) is 19.9 Å². The number of aliphatic hydroxyl groups is 2. The van der Waals surface area contributed by atoms with Crippen LogP contribution in [-0.4, -0.2) is 29.0 Å². The van der Waals surface area contributed by atoms with Gasteiger partial charge in [-0.25, -0.2) is 0 Å². The lowest BCUT2D eigenvalue weighted by Crippen LogP contribution is -2.45. The average molecular weight is 453 g/mol. The summed E-state index contributed by atoms with van der Waals surface area (Å²) in [5, 5.41) is 22.8. The lowest BCUT2D eigenvalue weighted by atomic mass is 9.74. The van der Waals surface area contributed by atoms with Crippen LogP contribution < -0.4 is 9.47 Å². The van der Waals surface area contributed by atoms with E-state index in [0.29, 0.717) is 29.2 Å². The third-order valence-electron chi connectivity index (χ3n) is 7.92. The van der Waals surface area contributed by atoms with E-state index in [9.17, 15) is 10.2 Å². The predicted molar refractivity (Wildman–Crippen MR) is 126 cm³/mol. The highest BCUT2D eigenvalue weighted by Crippen LogP contribution is 2.46. The van der Waals surface area contributed by atoms with Crippen LogP contribution in [0.25, 0.3) is 0 Å². The summed E-state index contributed by atoms with van der Waals surface area (Å²) in [7, 11) is 1.60. The lowest BCUT2D eigenvalue weighted by molar-refractivity contribution is -0.273. The van der Waals surface area contributed by atoms with E-state index >= 15 is 0 Å². The van der Waals surface area contributed by atoms with E-state index in [4.69, 9.17) is 14.2 Å². The van der Waals surface area contributed by atoms with Crippen LogP contribution >= 0.6 is 0 Å². The van der Waals surface area contributed by atoms with Gasteiger partial charge in [0, 0.05) is 17.5 Å². The maximum Gasteiger partial charge on any atom is 0.192 e. The summed E-state index contributed by atoms with van der Waals surface area (Å²) in [6, 6.07) is 11.5. The van der Waals surface area contributed by atoms with Crippen LogP contribution in [0.1, 0.15) is 87.2 Å². The molecule has 5 rings (SSSR count). The Labute approximate surface area is 196 Å². The van der Waals surface area contributed by atoms with Crippen molar-refractivity contribution in [2.75, 3.05) is 7.11 Å². The van der Waals surface area contributed by atoms with Crippen molar-refractivity contribution >= 4 is 0 Å². The monoisotopic (exact) mass is 452 g/mol. The third-order valence-corrected chi connectivity index (χ3v) is 7.92. The molecule has 1 saturated carbocycles. The van der Waals surface area contributed by atoms with E-state index in [0.717, 1.165) is 55.4 Å². The molecule has 1 aliphatic carbocycles. The van der Waals surface area contributed by atoms with Crippen molar-refractivity contribution in [1.29, 1.82) is 0 Å². The van der Waals surface area contributed by atoms with Gasteiger partial charge in [0.25, 0.3) is 0 Å². The average Bonchev–Trinajstić information content (AvgIpc) is 2.80. The van der Waals surface area contributed by atoms with Crippen LogP contribution in [0.5, 0.6) is 11.5 Å². The molecule has 0 aromatic heterocycles. The number of hydrogen-bond acceptors (Lipinski definition) is 5. The molecule has 2 N–H and O–H groups in total. The summed E-state index contributed by atoms with van der Waals surface area (Å²) < 4.78 is 18.0. The molecule has 0 radical (unpaired) electrons. The van der Waals surface area contributed by atoms with E-state index in [-0.39, 0.29) is 11.7 Å². The van der Waals surface area contributed by atoms with Crippen LogP contribution in [-0.2, 0) is 16.9 Å². The summed E-state index contributed by atoms with van der Waals surface area (Å²) in [5.74, 6) is 0.527. The number of aryl methyl sites for hydroxylation is 1. The maximum absolute atomic E-state index is 11.4. The van der Waals surface area contributed by atoms with E-state index in [2.05, 4.69) is 19.9 Å². The van der Waals surface area contributed by atoms with Crippen LogP contribution in [0.15, 0.2) is 36.4 Å². The van der Waals surface area contributed by atoms with Gasteiger partial charge < -0.3 is 24.4 Å². The number of methoxy groups -OCH3 is 1. The Morgan fingerprint density at radius 1 is 1.15 bits per heavy atom. The van der Waals surface area contributed by atoms with Gasteiger partial charge in [0.15, 0.2) is 5.79 Å². The number of aliphatic hydroxyl groups excluding tert-OH is 1. The lowest BCUT2D eigenvalue weighted by Gasteiger charge is -2.45. The molecule has 0 bridgehead atoms. The zero-order valence-electron chi connectivity index (χ0n) is 20.0. The molecule has 4 atom stereocenters. The molecule has 2 aromatic rings. The standard InChI is InChI=1S/C28H36O5/c1-4-22-14-18(2)17-28(30,32-22)21-7-9-25(31-3)23(16-21)26(29)20-6-8-24-19(15-20)10-13-27(33-24)11-5-12-27/h6-9,15-16,18,22,26,29-30H,4-5,10-14,17H2,1-3H3. The Bertz CT molecular complexity index is 1010. The predicted octanol–water partition coefficient (Wildman–Crippen LogP) is 5.39. The minimum absolute atomic E-state index is 0.0221. The quantitative estimate of drug-likeness (QED) is 0.636. The molecule has 1 saturated heterocycles. The van der Waals surface area contributed by atoms with E-state index in [1.54, 1.807) is 7.11 Å².